The Morgan fingerprint density at radius 3 is 2.76 bits per heavy atom. The van der Waals surface area contributed by atoms with E-state index in [4.69, 9.17) is 25.6 Å². The van der Waals surface area contributed by atoms with Crippen molar-refractivity contribution in [1.29, 1.82) is 0 Å². The Labute approximate surface area is 172 Å². The lowest BCUT2D eigenvalue weighted by molar-refractivity contribution is 0.174. The Balaban J connectivity index is 1.38. The van der Waals surface area contributed by atoms with E-state index in [2.05, 4.69) is 25.8 Å². The summed E-state index contributed by atoms with van der Waals surface area (Å²) in [5, 5.41) is 11.1. The van der Waals surface area contributed by atoms with Gasteiger partial charge in [-0.3, -0.25) is 0 Å². The third-order valence-electron chi connectivity index (χ3n) is 4.18. The number of rotatable bonds is 6. The van der Waals surface area contributed by atoms with Crippen molar-refractivity contribution in [2.45, 2.75) is 20.0 Å². The monoisotopic (exact) mass is 413 g/mol. The molecule has 0 unspecified atom stereocenters. The molecule has 1 aliphatic rings. The fraction of sp³-hybridized carbons (Fsp3) is 0.250. The van der Waals surface area contributed by atoms with Gasteiger partial charge in [-0.25, -0.2) is 4.99 Å². The first-order chi connectivity index (χ1) is 14.2. The van der Waals surface area contributed by atoms with Crippen LogP contribution in [0.4, 0.5) is 0 Å². The van der Waals surface area contributed by atoms with E-state index in [0.717, 1.165) is 29.2 Å². The molecule has 9 heteroatoms. The van der Waals surface area contributed by atoms with Gasteiger partial charge in [-0.05, 0) is 48.9 Å². The summed E-state index contributed by atoms with van der Waals surface area (Å²) in [6.07, 6.45) is 0. The van der Waals surface area contributed by atoms with Crippen LogP contribution in [0.5, 0.6) is 11.5 Å². The highest BCUT2D eigenvalue weighted by Gasteiger charge is 2.13. The van der Waals surface area contributed by atoms with Crippen molar-refractivity contribution in [1.82, 2.24) is 20.8 Å². The van der Waals surface area contributed by atoms with E-state index in [0.29, 0.717) is 35.8 Å². The molecule has 0 fully saturated rings. The molecule has 2 heterocycles. The van der Waals surface area contributed by atoms with Crippen LogP contribution in [0, 0.1) is 0 Å². The Hall–Kier alpha value is -3.26. The zero-order chi connectivity index (χ0) is 20.1. The summed E-state index contributed by atoms with van der Waals surface area (Å²) < 4.78 is 16.1. The van der Waals surface area contributed by atoms with Gasteiger partial charge in [-0.2, -0.15) is 4.98 Å². The number of hydrogen-bond donors (Lipinski definition) is 2. The molecule has 0 saturated heterocycles. The normalized spacial score (nSPS) is 12.8. The first-order valence-electron chi connectivity index (χ1n) is 9.20. The molecule has 3 aromatic rings. The van der Waals surface area contributed by atoms with E-state index in [1.807, 2.05) is 37.3 Å². The minimum Gasteiger partial charge on any atom is -0.454 e. The van der Waals surface area contributed by atoms with Gasteiger partial charge in [0.15, 0.2) is 17.5 Å². The second kappa shape index (κ2) is 8.83. The summed E-state index contributed by atoms with van der Waals surface area (Å²) in [5.41, 5.74) is 1.86. The topological polar surface area (TPSA) is 93.8 Å². The zero-order valence-corrected chi connectivity index (χ0v) is 16.6. The Kier molecular flexibility index (Phi) is 5.81. The molecule has 0 aliphatic carbocycles. The number of nitrogens with zero attached hydrogens (tertiary/aromatic N) is 3. The number of halogens is 1. The Bertz CT molecular complexity index is 1000. The smallest absolute Gasteiger partial charge is 0.246 e. The van der Waals surface area contributed by atoms with Crippen LogP contribution < -0.4 is 20.1 Å². The molecule has 1 aromatic heterocycles. The number of guanidine groups is 1. The van der Waals surface area contributed by atoms with E-state index in [-0.39, 0.29) is 6.79 Å². The molecule has 8 nitrogen and oxygen atoms in total. The lowest BCUT2D eigenvalue weighted by atomic mass is 10.2. The summed E-state index contributed by atoms with van der Waals surface area (Å²) in [6, 6.07) is 13.1. The predicted molar refractivity (Wildman–Crippen MR) is 109 cm³/mol. The number of ether oxygens (including phenoxy) is 2. The Morgan fingerprint density at radius 2 is 1.93 bits per heavy atom. The fourth-order valence-corrected chi connectivity index (χ4v) is 2.88. The average molecular weight is 414 g/mol. The van der Waals surface area contributed by atoms with Crippen molar-refractivity contribution in [2.75, 3.05) is 13.3 Å². The molecule has 0 amide bonds. The van der Waals surface area contributed by atoms with Crippen LogP contribution in [0.15, 0.2) is 52.0 Å². The minimum atomic E-state index is 0.258. The van der Waals surface area contributed by atoms with Crippen molar-refractivity contribution in [3.05, 3.63) is 58.9 Å². The van der Waals surface area contributed by atoms with Crippen molar-refractivity contribution in [3.8, 4) is 22.9 Å². The van der Waals surface area contributed by atoms with Crippen molar-refractivity contribution in [2.24, 2.45) is 4.99 Å². The van der Waals surface area contributed by atoms with Crippen molar-refractivity contribution >= 4 is 17.6 Å². The van der Waals surface area contributed by atoms with E-state index in [1.54, 1.807) is 12.1 Å². The number of aromatic nitrogens is 2. The molecular weight excluding hydrogens is 394 g/mol. The lowest BCUT2D eigenvalue weighted by Crippen LogP contribution is -2.36. The molecule has 150 valence electrons. The molecule has 2 N–H and O–H groups in total. The molecule has 1 aliphatic heterocycles. The molecule has 0 bridgehead atoms. The maximum Gasteiger partial charge on any atom is 0.246 e. The molecule has 0 radical (unpaired) electrons. The van der Waals surface area contributed by atoms with Crippen molar-refractivity contribution in [3.63, 3.8) is 0 Å². The summed E-state index contributed by atoms with van der Waals surface area (Å²) in [6.45, 7) is 3.84. The zero-order valence-electron chi connectivity index (χ0n) is 15.8. The van der Waals surface area contributed by atoms with Gasteiger partial charge in [-0.15, -0.1) is 0 Å². The highest BCUT2D eigenvalue weighted by atomic mass is 35.5. The largest absolute Gasteiger partial charge is 0.454 e. The summed E-state index contributed by atoms with van der Waals surface area (Å²) in [7, 11) is 0. The van der Waals surface area contributed by atoms with Crippen molar-refractivity contribution < 1.29 is 14.0 Å². The number of hydrogen-bond acceptors (Lipinski definition) is 6. The van der Waals surface area contributed by atoms with Gasteiger partial charge in [0.25, 0.3) is 0 Å². The van der Waals surface area contributed by atoms with Crippen LogP contribution in [0.1, 0.15) is 18.4 Å². The second-order valence-electron chi connectivity index (χ2n) is 6.25. The van der Waals surface area contributed by atoms with E-state index in [1.165, 1.54) is 0 Å². The minimum absolute atomic E-state index is 0.258. The van der Waals surface area contributed by atoms with Gasteiger partial charge < -0.3 is 24.6 Å². The van der Waals surface area contributed by atoms with Gasteiger partial charge in [0.2, 0.25) is 18.5 Å². The standard InChI is InChI=1S/C20H20ClN5O3/c1-2-22-20(23-10-13-3-8-16-17(9-13)28-12-27-16)24-11-18-25-19(26-29-18)14-4-6-15(21)7-5-14/h3-9H,2,10-12H2,1H3,(H2,22,23,24). The number of fused-ring (bicyclic) bond motifs is 1. The molecule has 0 atom stereocenters. The average Bonchev–Trinajstić information content (AvgIpc) is 3.39. The Morgan fingerprint density at radius 1 is 1.10 bits per heavy atom. The number of benzene rings is 2. The third kappa shape index (κ3) is 4.78. The van der Waals surface area contributed by atoms with E-state index >= 15 is 0 Å². The maximum atomic E-state index is 5.91. The maximum absolute atomic E-state index is 5.91. The fourth-order valence-electron chi connectivity index (χ4n) is 2.75. The van der Waals surface area contributed by atoms with E-state index < -0.39 is 0 Å². The second-order valence-corrected chi connectivity index (χ2v) is 6.69. The van der Waals surface area contributed by atoms with E-state index in [9.17, 15) is 0 Å². The van der Waals surface area contributed by atoms with Gasteiger partial charge in [0, 0.05) is 17.1 Å². The summed E-state index contributed by atoms with van der Waals surface area (Å²) in [4.78, 5) is 9.00. The van der Waals surface area contributed by atoms with Crippen LogP contribution in [-0.4, -0.2) is 29.4 Å². The van der Waals surface area contributed by atoms with Crippen LogP contribution in [0.2, 0.25) is 5.02 Å². The molecule has 29 heavy (non-hydrogen) atoms. The number of aliphatic imine (C=N–C) groups is 1. The number of nitrogens with one attached hydrogen (secondary N) is 2. The molecule has 2 aromatic carbocycles. The van der Waals surface area contributed by atoms with Gasteiger partial charge in [0.05, 0.1) is 13.1 Å². The molecule has 0 saturated carbocycles. The first-order valence-corrected chi connectivity index (χ1v) is 9.58. The highest BCUT2D eigenvalue weighted by Crippen LogP contribution is 2.32. The van der Waals surface area contributed by atoms with Crippen LogP contribution in [0.25, 0.3) is 11.4 Å². The molecule has 4 rings (SSSR count). The quantitative estimate of drug-likeness (QED) is 0.472. The van der Waals surface area contributed by atoms with Gasteiger partial charge >= 0.3 is 0 Å². The molecule has 0 spiro atoms. The van der Waals surface area contributed by atoms with Gasteiger partial charge in [0.1, 0.15) is 0 Å². The molecular formula is C20H20ClN5O3. The first kappa shape index (κ1) is 19.1. The summed E-state index contributed by atoms with van der Waals surface area (Å²) >= 11 is 5.91. The van der Waals surface area contributed by atoms with Crippen LogP contribution in [0.3, 0.4) is 0 Å². The van der Waals surface area contributed by atoms with Gasteiger partial charge in [-0.1, -0.05) is 22.8 Å². The van der Waals surface area contributed by atoms with Crippen LogP contribution in [-0.2, 0) is 13.1 Å². The predicted octanol–water partition coefficient (Wildman–Crippen LogP) is 3.37. The third-order valence-corrected chi connectivity index (χ3v) is 4.43. The SMILES string of the molecule is CCNC(=NCc1ccc2c(c1)OCO2)NCc1nc(-c2ccc(Cl)cc2)no1. The van der Waals surface area contributed by atoms with Crippen LogP contribution >= 0.6 is 11.6 Å². The lowest BCUT2D eigenvalue weighted by Gasteiger charge is -2.09. The summed E-state index contributed by atoms with van der Waals surface area (Å²) in [5.74, 6) is 3.13. The highest BCUT2D eigenvalue weighted by molar-refractivity contribution is 6.30.